The molecule has 6 heteroatoms. The van der Waals surface area contributed by atoms with E-state index in [0.717, 1.165) is 6.42 Å². The van der Waals surface area contributed by atoms with Crippen molar-refractivity contribution < 1.29 is 19.8 Å². The summed E-state index contributed by atoms with van der Waals surface area (Å²) in [6.45, 7) is 5.92. The summed E-state index contributed by atoms with van der Waals surface area (Å²) in [5.41, 5.74) is 5.61. The molecule has 0 saturated heterocycles. The molecule has 0 unspecified atom stereocenters. The topological polar surface area (TPSA) is 113 Å². The lowest BCUT2D eigenvalue weighted by atomic mass is 9.75. The first-order valence-electron chi connectivity index (χ1n) is 7.61. The average Bonchev–Trinajstić information content (AvgIpc) is 2.34. The summed E-state index contributed by atoms with van der Waals surface area (Å²) in [4.78, 5) is 27.6. The number of carboxylic acids is 1. The zero-order chi connectivity index (χ0) is 16.9. The Balaban J connectivity index is 2.98. The van der Waals surface area contributed by atoms with Gasteiger partial charge in [-0.1, -0.05) is 13.8 Å². The average molecular weight is 310 g/mol. The second-order valence-electron chi connectivity index (χ2n) is 6.62. The molecule has 1 aliphatic rings. The summed E-state index contributed by atoms with van der Waals surface area (Å²) in [7, 11) is 0. The number of hydrogen-bond acceptors (Lipinski definition) is 5. The van der Waals surface area contributed by atoms with Crippen molar-refractivity contribution in [3.8, 4) is 0 Å². The van der Waals surface area contributed by atoms with Gasteiger partial charge in [0.05, 0.1) is 5.57 Å². The molecule has 4 N–H and O–H groups in total. The summed E-state index contributed by atoms with van der Waals surface area (Å²) in [6, 6.07) is -0.908. The van der Waals surface area contributed by atoms with Crippen molar-refractivity contribution in [2.75, 3.05) is 6.54 Å². The molecule has 0 amide bonds. The highest BCUT2D eigenvalue weighted by atomic mass is 16.4. The predicted molar refractivity (Wildman–Crippen MR) is 85.1 cm³/mol. The van der Waals surface area contributed by atoms with E-state index in [4.69, 9.17) is 5.73 Å². The molecule has 0 aromatic heterocycles. The Morgan fingerprint density at radius 1 is 1.36 bits per heavy atom. The van der Waals surface area contributed by atoms with E-state index in [1.807, 2.05) is 13.8 Å². The second-order valence-corrected chi connectivity index (χ2v) is 6.62. The molecule has 0 fully saturated rings. The highest BCUT2D eigenvalue weighted by Gasteiger charge is 2.34. The second kappa shape index (κ2) is 7.54. The fourth-order valence-corrected chi connectivity index (χ4v) is 2.72. The first-order valence-corrected chi connectivity index (χ1v) is 7.61. The molecule has 22 heavy (non-hydrogen) atoms. The van der Waals surface area contributed by atoms with Crippen molar-refractivity contribution in [2.45, 2.75) is 58.9 Å². The number of unbranched alkanes of at least 4 members (excludes halogenated alkanes) is 1. The van der Waals surface area contributed by atoms with Gasteiger partial charge < -0.3 is 15.9 Å². The van der Waals surface area contributed by atoms with E-state index in [1.54, 1.807) is 6.92 Å². The van der Waals surface area contributed by atoms with Gasteiger partial charge in [0.1, 0.15) is 11.8 Å². The Morgan fingerprint density at radius 3 is 2.50 bits per heavy atom. The minimum Gasteiger partial charge on any atom is -0.511 e. The summed E-state index contributed by atoms with van der Waals surface area (Å²) >= 11 is 0. The zero-order valence-corrected chi connectivity index (χ0v) is 13.6. The predicted octanol–water partition coefficient (Wildman–Crippen LogP) is 2.23. The number of nitrogens with zero attached hydrogens (tertiary/aromatic N) is 1. The van der Waals surface area contributed by atoms with Crippen molar-refractivity contribution >= 4 is 17.5 Å². The number of Topliss-reactive ketones (excluding diaryl/α,β-unsaturated/α-hetero) is 1. The van der Waals surface area contributed by atoms with Gasteiger partial charge in [-0.15, -0.1) is 0 Å². The number of aliphatic carboxylic acids is 1. The lowest BCUT2D eigenvalue weighted by Gasteiger charge is -2.29. The quantitative estimate of drug-likeness (QED) is 0.493. The van der Waals surface area contributed by atoms with Crippen LogP contribution in [0.3, 0.4) is 0 Å². The number of aliphatic hydroxyl groups excluding tert-OH is 1. The molecular weight excluding hydrogens is 284 g/mol. The largest absolute Gasteiger partial charge is 0.511 e. The van der Waals surface area contributed by atoms with Gasteiger partial charge in [-0.25, -0.2) is 4.79 Å². The SMILES string of the molecule is CC(=N[C@@H](CCCCN)C(=O)O)C1=C(O)CC(C)(C)CC1=O. The highest BCUT2D eigenvalue weighted by Crippen LogP contribution is 2.36. The maximum absolute atomic E-state index is 12.2. The van der Waals surface area contributed by atoms with Crippen LogP contribution < -0.4 is 5.73 Å². The van der Waals surface area contributed by atoms with Crippen LogP contribution in [-0.2, 0) is 9.59 Å². The summed E-state index contributed by atoms with van der Waals surface area (Å²) in [5, 5.41) is 19.4. The normalized spacial score (nSPS) is 20.2. The minimum absolute atomic E-state index is 0.00796. The van der Waals surface area contributed by atoms with Gasteiger partial charge >= 0.3 is 5.97 Å². The Kier molecular flexibility index (Phi) is 6.29. The van der Waals surface area contributed by atoms with Gasteiger partial charge in [-0.3, -0.25) is 9.79 Å². The van der Waals surface area contributed by atoms with Crippen LogP contribution in [-0.4, -0.2) is 40.3 Å². The molecule has 0 aliphatic heterocycles. The summed E-state index contributed by atoms with van der Waals surface area (Å²) < 4.78 is 0. The van der Waals surface area contributed by atoms with E-state index in [0.29, 0.717) is 37.9 Å². The maximum Gasteiger partial charge on any atom is 0.328 e. The molecular formula is C16H26N2O4. The molecule has 0 bridgehead atoms. The smallest absolute Gasteiger partial charge is 0.328 e. The lowest BCUT2D eigenvalue weighted by molar-refractivity contribution is -0.138. The number of nitrogens with two attached hydrogens (primary N) is 1. The third-order valence-corrected chi connectivity index (χ3v) is 3.78. The Bertz CT molecular complexity index is 506. The van der Waals surface area contributed by atoms with E-state index in [1.165, 1.54) is 0 Å². The number of allylic oxidation sites excluding steroid dienone is 2. The first kappa shape index (κ1) is 18.4. The zero-order valence-electron chi connectivity index (χ0n) is 13.6. The number of hydrogen-bond donors (Lipinski definition) is 3. The van der Waals surface area contributed by atoms with E-state index < -0.39 is 12.0 Å². The number of ketones is 1. The van der Waals surface area contributed by atoms with Crippen LogP contribution in [0.15, 0.2) is 16.3 Å². The summed E-state index contributed by atoms with van der Waals surface area (Å²) in [6.07, 6.45) is 2.49. The van der Waals surface area contributed by atoms with Gasteiger partial charge in [0.2, 0.25) is 0 Å². The number of aliphatic imine (C=N–C) groups is 1. The van der Waals surface area contributed by atoms with Gasteiger partial charge in [0.25, 0.3) is 0 Å². The Hall–Kier alpha value is -1.69. The van der Waals surface area contributed by atoms with Crippen molar-refractivity contribution in [3.05, 3.63) is 11.3 Å². The third-order valence-electron chi connectivity index (χ3n) is 3.78. The Labute approximate surface area is 131 Å². The molecule has 0 heterocycles. The van der Waals surface area contributed by atoms with E-state index in [2.05, 4.69) is 4.99 Å². The number of carboxylic acid groups (broad SMARTS) is 1. The van der Waals surface area contributed by atoms with Gasteiger partial charge in [-0.2, -0.15) is 0 Å². The monoisotopic (exact) mass is 310 g/mol. The van der Waals surface area contributed by atoms with Gasteiger partial charge in [0, 0.05) is 18.6 Å². The molecule has 1 rings (SSSR count). The lowest BCUT2D eigenvalue weighted by Crippen LogP contribution is -2.29. The van der Waals surface area contributed by atoms with Crippen molar-refractivity contribution in [1.29, 1.82) is 0 Å². The molecule has 6 nitrogen and oxygen atoms in total. The van der Waals surface area contributed by atoms with Crippen molar-refractivity contribution in [3.63, 3.8) is 0 Å². The van der Waals surface area contributed by atoms with Crippen LogP contribution in [0.4, 0.5) is 0 Å². The van der Waals surface area contributed by atoms with Crippen molar-refractivity contribution in [2.24, 2.45) is 16.1 Å². The van der Waals surface area contributed by atoms with E-state index in [-0.39, 0.29) is 22.5 Å². The van der Waals surface area contributed by atoms with Crippen LogP contribution >= 0.6 is 0 Å². The number of carbonyl (C=O) groups is 2. The fourth-order valence-electron chi connectivity index (χ4n) is 2.72. The molecule has 0 aromatic rings. The standard InChI is InChI=1S/C16H26N2O4/c1-10(18-11(15(21)22)6-4-5-7-17)14-12(19)8-16(2,3)9-13(14)20/h11,19H,4-9,17H2,1-3H3,(H,21,22)/t11-/m0/s1. The number of aliphatic hydroxyl groups is 1. The maximum atomic E-state index is 12.2. The van der Waals surface area contributed by atoms with Crippen molar-refractivity contribution in [1.82, 2.24) is 0 Å². The summed E-state index contributed by atoms with van der Waals surface area (Å²) in [5.74, 6) is -1.20. The molecule has 0 aromatic carbocycles. The molecule has 1 atom stereocenters. The minimum atomic E-state index is -1.03. The number of rotatable bonds is 7. The molecule has 1 aliphatic carbocycles. The van der Waals surface area contributed by atoms with E-state index >= 15 is 0 Å². The van der Waals surface area contributed by atoms with Crippen LogP contribution in [0.25, 0.3) is 0 Å². The molecule has 0 saturated carbocycles. The van der Waals surface area contributed by atoms with Crippen LogP contribution in [0.1, 0.15) is 52.9 Å². The number of carbonyl (C=O) groups excluding carboxylic acids is 1. The van der Waals surface area contributed by atoms with Crippen LogP contribution in [0.2, 0.25) is 0 Å². The Morgan fingerprint density at radius 2 is 2.00 bits per heavy atom. The van der Waals surface area contributed by atoms with Crippen LogP contribution in [0, 0.1) is 5.41 Å². The fraction of sp³-hybridized carbons (Fsp3) is 0.688. The van der Waals surface area contributed by atoms with E-state index in [9.17, 15) is 19.8 Å². The molecule has 0 spiro atoms. The first-order chi connectivity index (χ1) is 10.2. The van der Waals surface area contributed by atoms with Gasteiger partial charge in [0.15, 0.2) is 5.78 Å². The third kappa shape index (κ3) is 4.94. The molecule has 0 radical (unpaired) electrons. The molecule has 124 valence electrons. The highest BCUT2D eigenvalue weighted by molar-refractivity contribution is 6.22. The van der Waals surface area contributed by atoms with Crippen LogP contribution in [0.5, 0.6) is 0 Å². The van der Waals surface area contributed by atoms with Gasteiger partial charge in [-0.05, 0) is 38.1 Å².